The van der Waals surface area contributed by atoms with Crippen LogP contribution in [0, 0.1) is 5.92 Å². The van der Waals surface area contributed by atoms with Gasteiger partial charge in [0.2, 0.25) is 5.88 Å². The maximum atomic E-state index is 11.6. The standard InChI is InChI=1S/C14H20N2O3/c1-2-18-14(17)12-5-7-16-13(8-12)19-10-11-4-3-6-15-9-11/h5,7-8,11,15H,2-4,6,9-10H2,1H3. The topological polar surface area (TPSA) is 60.5 Å². The number of carbonyl (C=O) groups is 1. The largest absolute Gasteiger partial charge is 0.477 e. The third-order valence-electron chi connectivity index (χ3n) is 3.11. The van der Waals surface area contributed by atoms with Gasteiger partial charge in [-0.2, -0.15) is 0 Å². The summed E-state index contributed by atoms with van der Waals surface area (Å²) in [5.74, 6) is 0.659. The summed E-state index contributed by atoms with van der Waals surface area (Å²) < 4.78 is 10.6. The van der Waals surface area contributed by atoms with E-state index in [1.165, 1.54) is 12.8 Å². The predicted molar refractivity (Wildman–Crippen MR) is 71.3 cm³/mol. The Morgan fingerprint density at radius 2 is 2.47 bits per heavy atom. The number of carbonyl (C=O) groups excluding carboxylic acids is 1. The molecule has 1 aromatic heterocycles. The molecule has 0 aliphatic carbocycles. The van der Waals surface area contributed by atoms with Crippen molar-refractivity contribution in [2.75, 3.05) is 26.3 Å². The molecule has 19 heavy (non-hydrogen) atoms. The highest BCUT2D eigenvalue weighted by molar-refractivity contribution is 5.89. The zero-order chi connectivity index (χ0) is 13.5. The molecule has 1 saturated heterocycles. The van der Waals surface area contributed by atoms with E-state index in [4.69, 9.17) is 9.47 Å². The molecule has 1 fully saturated rings. The van der Waals surface area contributed by atoms with E-state index >= 15 is 0 Å². The molecular weight excluding hydrogens is 244 g/mol. The second-order valence-corrected chi connectivity index (χ2v) is 4.63. The van der Waals surface area contributed by atoms with Gasteiger partial charge in [-0.15, -0.1) is 0 Å². The van der Waals surface area contributed by atoms with Gasteiger partial charge < -0.3 is 14.8 Å². The van der Waals surface area contributed by atoms with E-state index in [1.54, 1.807) is 25.3 Å². The van der Waals surface area contributed by atoms with Crippen LogP contribution in [-0.4, -0.2) is 37.3 Å². The van der Waals surface area contributed by atoms with Crippen molar-refractivity contribution in [3.05, 3.63) is 23.9 Å². The van der Waals surface area contributed by atoms with E-state index in [1.807, 2.05) is 0 Å². The lowest BCUT2D eigenvalue weighted by molar-refractivity contribution is 0.0525. The quantitative estimate of drug-likeness (QED) is 0.819. The van der Waals surface area contributed by atoms with Crippen LogP contribution in [0.15, 0.2) is 18.3 Å². The van der Waals surface area contributed by atoms with E-state index < -0.39 is 0 Å². The van der Waals surface area contributed by atoms with Gasteiger partial charge in [0, 0.05) is 24.7 Å². The normalized spacial score (nSPS) is 18.9. The first-order valence-electron chi connectivity index (χ1n) is 6.76. The summed E-state index contributed by atoms with van der Waals surface area (Å²) in [4.78, 5) is 15.7. The smallest absolute Gasteiger partial charge is 0.338 e. The van der Waals surface area contributed by atoms with Crippen molar-refractivity contribution in [3.8, 4) is 5.88 Å². The monoisotopic (exact) mass is 264 g/mol. The summed E-state index contributed by atoms with van der Waals surface area (Å²) in [6, 6.07) is 3.27. The first-order chi connectivity index (χ1) is 9.29. The van der Waals surface area contributed by atoms with Gasteiger partial charge in [-0.25, -0.2) is 9.78 Å². The van der Waals surface area contributed by atoms with Crippen LogP contribution in [0.5, 0.6) is 5.88 Å². The maximum absolute atomic E-state index is 11.6. The van der Waals surface area contributed by atoms with Crippen molar-refractivity contribution in [1.82, 2.24) is 10.3 Å². The van der Waals surface area contributed by atoms with Gasteiger partial charge in [-0.3, -0.25) is 0 Å². The van der Waals surface area contributed by atoms with Crippen LogP contribution >= 0.6 is 0 Å². The van der Waals surface area contributed by atoms with Crippen molar-refractivity contribution in [1.29, 1.82) is 0 Å². The number of rotatable bonds is 5. The molecule has 5 heteroatoms. The molecule has 0 saturated carbocycles. The van der Waals surface area contributed by atoms with Crippen LogP contribution in [0.3, 0.4) is 0 Å². The lowest BCUT2D eigenvalue weighted by atomic mass is 10.0. The third kappa shape index (κ3) is 4.21. The number of hydrogen-bond donors (Lipinski definition) is 1. The fraction of sp³-hybridized carbons (Fsp3) is 0.571. The molecule has 1 aromatic rings. The molecule has 0 radical (unpaired) electrons. The van der Waals surface area contributed by atoms with E-state index in [0.717, 1.165) is 13.1 Å². The van der Waals surface area contributed by atoms with Gasteiger partial charge in [0.15, 0.2) is 0 Å². The molecule has 2 rings (SSSR count). The minimum absolute atomic E-state index is 0.339. The molecule has 2 heterocycles. The Morgan fingerprint density at radius 1 is 1.58 bits per heavy atom. The number of aromatic nitrogens is 1. The van der Waals surface area contributed by atoms with Crippen LogP contribution in [0.2, 0.25) is 0 Å². The molecule has 104 valence electrons. The Balaban J connectivity index is 1.89. The van der Waals surface area contributed by atoms with Gasteiger partial charge in [0.1, 0.15) is 0 Å². The molecule has 1 unspecified atom stereocenters. The van der Waals surface area contributed by atoms with E-state index in [-0.39, 0.29) is 5.97 Å². The van der Waals surface area contributed by atoms with Crippen LogP contribution in [0.25, 0.3) is 0 Å². The molecule has 1 atom stereocenters. The van der Waals surface area contributed by atoms with E-state index in [9.17, 15) is 4.79 Å². The number of piperidine rings is 1. The lowest BCUT2D eigenvalue weighted by Gasteiger charge is -2.22. The maximum Gasteiger partial charge on any atom is 0.338 e. The van der Waals surface area contributed by atoms with Gasteiger partial charge in [0.05, 0.1) is 18.8 Å². The van der Waals surface area contributed by atoms with Crippen molar-refractivity contribution < 1.29 is 14.3 Å². The molecule has 1 aliphatic heterocycles. The second kappa shape index (κ2) is 7.09. The van der Waals surface area contributed by atoms with Gasteiger partial charge in [-0.05, 0) is 32.4 Å². The first-order valence-corrected chi connectivity index (χ1v) is 6.76. The Hall–Kier alpha value is -1.62. The first kappa shape index (κ1) is 13.8. The highest BCUT2D eigenvalue weighted by Crippen LogP contribution is 2.14. The van der Waals surface area contributed by atoms with Crippen LogP contribution in [-0.2, 0) is 4.74 Å². The van der Waals surface area contributed by atoms with Crippen LogP contribution < -0.4 is 10.1 Å². The van der Waals surface area contributed by atoms with Crippen molar-refractivity contribution in [2.45, 2.75) is 19.8 Å². The molecule has 1 aliphatic rings. The van der Waals surface area contributed by atoms with E-state index in [2.05, 4.69) is 10.3 Å². The number of esters is 1. The second-order valence-electron chi connectivity index (χ2n) is 4.63. The Bertz CT molecular complexity index is 417. The predicted octanol–water partition coefficient (Wildman–Crippen LogP) is 1.64. The summed E-state index contributed by atoms with van der Waals surface area (Å²) in [6.07, 6.45) is 3.93. The van der Waals surface area contributed by atoms with Crippen molar-refractivity contribution in [3.63, 3.8) is 0 Å². The average Bonchev–Trinajstić information content (AvgIpc) is 2.47. The number of nitrogens with one attached hydrogen (secondary N) is 1. The average molecular weight is 264 g/mol. The highest BCUT2D eigenvalue weighted by Gasteiger charge is 2.14. The highest BCUT2D eigenvalue weighted by atomic mass is 16.5. The molecular formula is C14H20N2O3. The molecule has 0 amide bonds. The Morgan fingerprint density at radius 3 is 3.21 bits per heavy atom. The zero-order valence-electron chi connectivity index (χ0n) is 11.2. The minimum atomic E-state index is -0.339. The van der Waals surface area contributed by atoms with Gasteiger partial charge >= 0.3 is 5.97 Å². The Labute approximate surface area is 113 Å². The molecule has 5 nitrogen and oxygen atoms in total. The van der Waals surface area contributed by atoms with Crippen LogP contribution in [0.4, 0.5) is 0 Å². The number of ether oxygens (including phenoxy) is 2. The number of pyridine rings is 1. The van der Waals surface area contributed by atoms with Crippen molar-refractivity contribution in [2.24, 2.45) is 5.92 Å². The summed E-state index contributed by atoms with van der Waals surface area (Å²) in [5, 5.41) is 3.34. The van der Waals surface area contributed by atoms with Crippen molar-refractivity contribution >= 4 is 5.97 Å². The SMILES string of the molecule is CCOC(=O)c1ccnc(OCC2CCCNC2)c1. The van der Waals surface area contributed by atoms with Gasteiger partial charge in [-0.1, -0.05) is 0 Å². The summed E-state index contributed by atoms with van der Waals surface area (Å²) in [6.45, 7) is 4.86. The summed E-state index contributed by atoms with van der Waals surface area (Å²) in [7, 11) is 0. The Kier molecular flexibility index (Phi) is 5.15. The molecule has 0 spiro atoms. The third-order valence-corrected chi connectivity index (χ3v) is 3.11. The number of nitrogens with zero attached hydrogens (tertiary/aromatic N) is 1. The molecule has 0 aromatic carbocycles. The lowest BCUT2D eigenvalue weighted by Crippen LogP contribution is -2.33. The fourth-order valence-corrected chi connectivity index (χ4v) is 2.10. The molecule has 1 N–H and O–H groups in total. The summed E-state index contributed by atoms with van der Waals surface area (Å²) in [5.41, 5.74) is 0.480. The van der Waals surface area contributed by atoms with Gasteiger partial charge in [0.25, 0.3) is 0 Å². The van der Waals surface area contributed by atoms with Crippen LogP contribution in [0.1, 0.15) is 30.1 Å². The van der Waals surface area contributed by atoms with E-state index in [0.29, 0.717) is 30.6 Å². The zero-order valence-corrected chi connectivity index (χ0v) is 11.2. The summed E-state index contributed by atoms with van der Waals surface area (Å²) >= 11 is 0. The minimum Gasteiger partial charge on any atom is -0.477 e. The fourth-order valence-electron chi connectivity index (χ4n) is 2.10. The molecule has 0 bridgehead atoms. The number of hydrogen-bond acceptors (Lipinski definition) is 5.